The molecule has 31 heavy (non-hydrogen) atoms. The maximum Gasteiger partial charge on any atom is 0.218 e. The molecule has 1 fully saturated rings. The van der Waals surface area contributed by atoms with Crippen LogP contribution in [0.4, 0.5) is 0 Å². The van der Waals surface area contributed by atoms with Gasteiger partial charge >= 0.3 is 0 Å². The average molecular weight is 563 g/mol. The fourth-order valence-corrected chi connectivity index (χ4v) is 4.68. The summed E-state index contributed by atoms with van der Waals surface area (Å²) in [6, 6.07) is 7.52. The fourth-order valence-electron chi connectivity index (χ4n) is 3.11. The van der Waals surface area contributed by atoms with Crippen LogP contribution in [0.15, 0.2) is 35.6 Å². The Morgan fingerprint density at radius 3 is 2.55 bits per heavy atom. The molecule has 0 aliphatic carbocycles. The number of nitrogens with one attached hydrogen (secondary N) is 2. The highest BCUT2D eigenvalue weighted by molar-refractivity contribution is 14.0. The molecule has 0 amide bonds. The summed E-state index contributed by atoms with van der Waals surface area (Å²) in [4.78, 5) is 8.82. The topological polar surface area (TPSA) is 114 Å². The number of aliphatic imine (C=N–C) groups is 1. The van der Waals surface area contributed by atoms with E-state index in [-0.39, 0.29) is 29.7 Å². The molecule has 0 radical (unpaired) electrons. The molecule has 0 atom stereocenters. The van der Waals surface area contributed by atoms with Gasteiger partial charge in [-0.15, -0.1) is 24.0 Å². The summed E-state index contributed by atoms with van der Waals surface area (Å²) in [7, 11) is -1.56. The van der Waals surface area contributed by atoms with Gasteiger partial charge in [0.1, 0.15) is 12.2 Å². The van der Waals surface area contributed by atoms with Gasteiger partial charge in [-0.05, 0) is 18.1 Å². The first-order valence-electron chi connectivity index (χ1n) is 9.97. The smallest absolute Gasteiger partial charge is 0.218 e. The van der Waals surface area contributed by atoms with E-state index in [1.165, 1.54) is 10.6 Å². The zero-order valence-electron chi connectivity index (χ0n) is 17.8. The number of sulfonamides is 1. The minimum atomic E-state index is -3.40. The first-order chi connectivity index (χ1) is 14.5. The molecule has 10 nitrogen and oxygen atoms in total. The van der Waals surface area contributed by atoms with Gasteiger partial charge < -0.3 is 15.4 Å². The summed E-state index contributed by atoms with van der Waals surface area (Å²) in [5.41, 5.74) is 1.64. The third-order valence-electron chi connectivity index (χ3n) is 4.79. The number of hydrogen-bond acceptors (Lipinski definition) is 6. The first-order valence-corrected chi connectivity index (χ1v) is 11.6. The Hall–Kier alpha value is -1.77. The van der Waals surface area contributed by atoms with Crippen molar-refractivity contribution in [1.29, 1.82) is 0 Å². The van der Waals surface area contributed by atoms with Crippen LogP contribution in [0.5, 0.6) is 0 Å². The van der Waals surface area contributed by atoms with Crippen molar-refractivity contribution in [2.75, 3.05) is 32.8 Å². The molecular weight excluding hydrogens is 533 g/mol. The Labute approximate surface area is 200 Å². The average Bonchev–Trinajstić information content (AvgIpc) is 3.16. The van der Waals surface area contributed by atoms with E-state index in [1.807, 2.05) is 38.2 Å². The maximum atomic E-state index is 12.8. The standard InChI is InChI=1S/C19H29N7O3S.HI/c1-3-20-19(22-13-18-23-15-24-25(18)2)21-12-16-6-4-5-7-17(16)14-30(27,28)26-8-10-29-11-9-26;/h4-7,15H,3,8-14H2,1-2H3,(H2,20,21,22);1H. The molecule has 2 aromatic rings. The number of nitrogens with zero attached hydrogens (tertiary/aromatic N) is 5. The number of hydrogen-bond donors (Lipinski definition) is 2. The number of rotatable bonds is 8. The molecule has 172 valence electrons. The van der Waals surface area contributed by atoms with Gasteiger partial charge in [-0.25, -0.2) is 18.4 Å². The lowest BCUT2D eigenvalue weighted by Gasteiger charge is -2.26. The fraction of sp³-hybridized carbons (Fsp3) is 0.526. The summed E-state index contributed by atoms with van der Waals surface area (Å²) >= 11 is 0. The van der Waals surface area contributed by atoms with E-state index in [0.717, 1.165) is 17.0 Å². The Morgan fingerprint density at radius 1 is 1.19 bits per heavy atom. The molecule has 1 aromatic heterocycles. The second-order valence-corrected chi connectivity index (χ2v) is 8.85. The molecule has 2 N–H and O–H groups in total. The third kappa shape index (κ3) is 7.40. The predicted octanol–water partition coefficient (Wildman–Crippen LogP) is 0.850. The van der Waals surface area contributed by atoms with Crippen molar-refractivity contribution in [2.24, 2.45) is 12.0 Å². The molecule has 0 spiro atoms. The Morgan fingerprint density at radius 2 is 1.90 bits per heavy atom. The van der Waals surface area contributed by atoms with Crippen molar-refractivity contribution in [2.45, 2.75) is 25.8 Å². The Bertz CT molecular complexity index is 959. The van der Waals surface area contributed by atoms with Gasteiger partial charge in [0, 0.05) is 26.7 Å². The minimum Gasteiger partial charge on any atom is -0.379 e. The van der Waals surface area contributed by atoms with E-state index < -0.39 is 10.0 Å². The predicted molar refractivity (Wildman–Crippen MR) is 130 cm³/mol. The van der Waals surface area contributed by atoms with Crippen molar-refractivity contribution in [1.82, 2.24) is 29.7 Å². The van der Waals surface area contributed by atoms with E-state index >= 15 is 0 Å². The Kier molecular flexibility index (Phi) is 10.1. The van der Waals surface area contributed by atoms with Crippen LogP contribution in [0.25, 0.3) is 0 Å². The number of aromatic nitrogens is 3. The normalized spacial score (nSPS) is 15.4. The molecule has 1 aromatic carbocycles. The van der Waals surface area contributed by atoms with Gasteiger partial charge in [0.25, 0.3) is 0 Å². The molecular formula is C19H30IN7O3S. The molecule has 1 aliphatic rings. The Balaban J connectivity index is 0.00000341. The van der Waals surface area contributed by atoms with Gasteiger partial charge in [-0.3, -0.25) is 4.68 Å². The number of morpholine rings is 1. The van der Waals surface area contributed by atoms with Crippen molar-refractivity contribution in [3.63, 3.8) is 0 Å². The zero-order valence-corrected chi connectivity index (χ0v) is 21.0. The van der Waals surface area contributed by atoms with Gasteiger partial charge in [-0.2, -0.15) is 9.40 Å². The van der Waals surface area contributed by atoms with E-state index in [0.29, 0.717) is 51.9 Å². The highest BCUT2D eigenvalue weighted by atomic mass is 127. The molecule has 0 bridgehead atoms. The molecule has 2 heterocycles. The summed E-state index contributed by atoms with van der Waals surface area (Å²) in [5.74, 6) is 1.38. The second kappa shape index (κ2) is 12.3. The van der Waals surface area contributed by atoms with Crippen molar-refractivity contribution in [3.8, 4) is 0 Å². The van der Waals surface area contributed by atoms with Crippen LogP contribution in [0, 0.1) is 0 Å². The lowest BCUT2D eigenvalue weighted by atomic mass is 10.1. The van der Waals surface area contributed by atoms with E-state index in [4.69, 9.17) is 4.74 Å². The van der Waals surface area contributed by atoms with Crippen LogP contribution in [-0.2, 0) is 40.7 Å². The number of benzene rings is 1. The molecule has 12 heteroatoms. The zero-order chi connectivity index (χ0) is 21.4. The largest absolute Gasteiger partial charge is 0.379 e. The second-order valence-electron chi connectivity index (χ2n) is 6.88. The maximum absolute atomic E-state index is 12.8. The lowest BCUT2D eigenvalue weighted by molar-refractivity contribution is 0.0729. The summed E-state index contributed by atoms with van der Waals surface area (Å²) in [6.45, 7) is 5.22. The minimum absolute atomic E-state index is 0. The van der Waals surface area contributed by atoms with Crippen molar-refractivity contribution in [3.05, 3.63) is 47.5 Å². The molecule has 1 saturated heterocycles. The van der Waals surface area contributed by atoms with Crippen LogP contribution >= 0.6 is 24.0 Å². The van der Waals surface area contributed by atoms with Gasteiger partial charge in [0.15, 0.2) is 5.96 Å². The highest BCUT2D eigenvalue weighted by Gasteiger charge is 2.25. The molecule has 0 unspecified atom stereocenters. The molecule has 3 rings (SSSR count). The van der Waals surface area contributed by atoms with Crippen LogP contribution in [0.3, 0.4) is 0 Å². The van der Waals surface area contributed by atoms with Gasteiger partial charge in [-0.1, -0.05) is 24.3 Å². The summed E-state index contributed by atoms with van der Waals surface area (Å²) in [5, 5.41) is 10.5. The monoisotopic (exact) mass is 563 g/mol. The SMILES string of the molecule is CCNC(=NCc1ccccc1CS(=O)(=O)N1CCOCC1)NCc1ncnn1C.I. The number of ether oxygens (including phenoxy) is 1. The summed E-state index contributed by atoms with van der Waals surface area (Å²) < 4.78 is 34.1. The van der Waals surface area contributed by atoms with E-state index in [1.54, 1.807) is 4.68 Å². The van der Waals surface area contributed by atoms with Crippen LogP contribution in [0.2, 0.25) is 0 Å². The van der Waals surface area contributed by atoms with Crippen molar-refractivity contribution < 1.29 is 13.2 Å². The van der Waals surface area contributed by atoms with E-state index in [9.17, 15) is 8.42 Å². The van der Waals surface area contributed by atoms with Gasteiger partial charge in [0.05, 0.1) is 32.1 Å². The summed E-state index contributed by atoms with van der Waals surface area (Å²) in [6.07, 6.45) is 1.51. The number of halogens is 1. The highest BCUT2D eigenvalue weighted by Crippen LogP contribution is 2.17. The van der Waals surface area contributed by atoms with Crippen LogP contribution in [0.1, 0.15) is 23.9 Å². The number of aryl methyl sites for hydroxylation is 1. The molecule has 1 aliphatic heterocycles. The first kappa shape index (κ1) is 25.5. The van der Waals surface area contributed by atoms with Gasteiger partial charge in [0.2, 0.25) is 10.0 Å². The van der Waals surface area contributed by atoms with Crippen molar-refractivity contribution >= 4 is 40.0 Å². The van der Waals surface area contributed by atoms with Crippen LogP contribution in [-0.4, -0.2) is 66.3 Å². The van der Waals surface area contributed by atoms with Crippen LogP contribution < -0.4 is 10.6 Å². The molecule has 0 saturated carbocycles. The lowest BCUT2D eigenvalue weighted by Crippen LogP contribution is -2.41. The number of guanidine groups is 1. The third-order valence-corrected chi connectivity index (χ3v) is 6.62. The quantitative estimate of drug-likeness (QED) is 0.278. The van der Waals surface area contributed by atoms with E-state index in [2.05, 4.69) is 25.7 Å².